The minimum atomic E-state index is -3.58. The summed E-state index contributed by atoms with van der Waals surface area (Å²) in [5, 5.41) is 0. The van der Waals surface area contributed by atoms with Crippen LogP contribution in [0.15, 0.2) is 65.0 Å². The van der Waals surface area contributed by atoms with Gasteiger partial charge in [0.1, 0.15) is 11.6 Å². The molecular formula is C21H21FN2O4S2. The van der Waals surface area contributed by atoms with Crippen LogP contribution in [-0.4, -0.2) is 31.8 Å². The van der Waals surface area contributed by atoms with Gasteiger partial charge < -0.3 is 9.30 Å². The van der Waals surface area contributed by atoms with Gasteiger partial charge in [0.05, 0.1) is 28.0 Å². The third-order valence-electron chi connectivity index (χ3n) is 4.40. The van der Waals surface area contributed by atoms with Crippen LogP contribution in [0.5, 0.6) is 5.75 Å². The average molecular weight is 449 g/mol. The van der Waals surface area contributed by atoms with Gasteiger partial charge in [0.2, 0.25) is 5.91 Å². The fourth-order valence-electron chi connectivity index (χ4n) is 2.91. The number of halogens is 1. The van der Waals surface area contributed by atoms with E-state index in [2.05, 4.69) is 11.6 Å². The van der Waals surface area contributed by atoms with Gasteiger partial charge in [-0.05, 0) is 48.9 Å². The molecule has 0 aliphatic heterocycles. The number of benzene rings is 2. The van der Waals surface area contributed by atoms with Crippen molar-refractivity contribution in [3.63, 3.8) is 0 Å². The Bertz CT molecular complexity index is 1240. The first kappa shape index (κ1) is 21.9. The maximum atomic E-state index is 13.0. The predicted molar refractivity (Wildman–Crippen MR) is 115 cm³/mol. The molecule has 0 N–H and O–H groups in total. The number of ether oxygens (including phenoxy) is 1. The number of hydrogen-bond donors (Lipinski definition) is 0. The molecule has 1 heterocycles. The van der Waals surface area contributed by atoms with Gasteiger partial charge in [0.15, 0.2) is 14.6 Å². The van der Waals surface area contributed by atoms with Crippen LogP contribution in [0.2, 0.25) is 0 Å². The van der Waals surface area contributed by atoms with Gasteiger partial charge in [-0.15, -0.1) is 6.58 Å². The second-order valence-corrected chi connectivity index (χ2v) is 9.62. The average Bonchev–Trinajstić information content (AvgIpc) is 3.04. The molecule has 0 fully saturated rings. The number of thiazole rings is 1. The van der Waals surface area contributed by atoms with E-state index >= 15 is 0 Å². The highest BCUT2D eigenvalue weighted by atomic mass is 32.2. The number of fused-ring (bicyclic) bond motifs is 1. The molecule has 1 aromatic heterocycles. The van der Waals surface area contributed by atoms with Gasteiger partial charge in [0.25, 0.3) is 0 Å². The van der Waals surface area contributed by atoms with Gasteiger partial charge >= 0.3 is 0 Å². The summed E-state index contributed by atoms with van der Waals surface area (Å²) in [5.41, 5.74) is 0.908. The highest BCUT2D eigenvalue weighted by Crippen LogP contribution is 2.23. The first-order valence-electron chi connectivity index (χ1n) is 9.18. The molecule has 3 aromatic rings. The van der Waals surface area contributed by atoms with E-state index in [1.54, 1.807) is 13.2 Å². The van der Waals surface area contributed by atoms with Crippen molar-refractivity contribution in [2.24, 2.45) is 4.99 Å². The molecule has 0 aliphatic carbocycles. The van der Waals surface area contributed by atoms with Crippen LogP contribution in [-0.2, 0) is 21.2 Å². The Labute approximate surface area is 177 Å². The predicted octanol–water partition coefficient (Wildman–Crippen LogP) is 3.72. The Morgan fingerprint density at radius 2 is 2.00 bits per heavy atom. The van der Waals surface area contributed by atoms with Crippen molar-refractivity contribution in [3.05, 3.63) is 65.7 Å². The molecule has 0 aliphatic rings. The summed E-state index contributed by atoms with van der Waals surface area (Å²) in [6, 6.07) is 10.2. The van der Waals surface area contributed by atoms with Crippen molar-refractivity contribution in [1.29, 1.82) is 0 Å². The summed E-state index contributed by atoms with van der Waals surface area (Å²) in [5.74, 6) is -0.411. The second-order valence-electron chi connectivity index (χ2n) is 6.50. The van der Waals surface area contributed by atoms with E-state index < -0.39 is 21.6 Å². The number of amides is 1. The number of rotatable bonds is 8. The third-order valence-corrected chi connectivity index (χ3v) is 7.26. The Kier molecular flexibility index (Phi) is 6.84. The topological polar surface area (TPSA) is 77.7 Å². The van der Waals surface area contributed by atoms with Crippen molar-refractivity contribution in [3.8, 4) is 5.75 Å². The molecule has 0 bridgehead atoms. The van der Waals surface area contributed by atoms with E-state index in [9.17, 15) is 17.6 Å². The maximum absolute atomic E-state index is 13.0. The number of aromatic nitrogens is 1. The van der Waals surface area contributed by atoms with Crippen molar-refractivity contribution in [1.82, 2.24) is 4.57 Å². The third kappa shape index (κ3) is 5.03. The van der Waals surface area contributed by atoms with Crippen molar-refractivity contribution in [2.45, 2.75) is 24.3 Å². The fraction of sp³-hybridized carbons (Fsp3) is 0.238. The van der Waals surface area contributed by atoms with Crippen LogP contribution in [0.25, 0.3) is 10.2 Å². The number of allylic oxidation sites excluding steroid dienone is 1. The van der Waals surface area contributed by atoms with Crippen LogP contribution in [0, 0.1) is 5.82 Å². The van der Waals surface area contributed by atoms with Crippen LogP contribution in [0.1, 0.15) is 12.8 Å². The lowest BCUT2D eigenvalue weighted by molar-refractivity contribution is -0.118. The zero-order valence-corrected chi connectivity index (χ0v) is 18.0. The SMILES string of the molecule is C=CCn1c(=NC(=O)CCCS(=O)(=O)c2ccc(F)cc2)sc2cc(OC)ccc21. The first-order chi connectivity index (χ1) is 14.3. The van der Waals surface area contributed by atoms with Crippen LogP contribution in [0.3, 0.4) is 0 Å². The number of hydrogen-bond acceptors (Lipinski definition) is 5. The number of carbonyl (C=O) groups is 1. The molecular weight excluding hydrogens is 427 g/mol. The lowest BCUT2D eigenvalue weighted by atomic mass is 10.3. The molecule has 6 nitrogen and oxygen atoms in total. The molecule has 0 spiro atoms. The van der Waals surface area contributed by atoms with Gasteiger partial charge in [-0.3, -0.25) is 4.79 Å². The van der Waals surface area contributed by atoms with Crippen molar-refractivity contribution in [2.75, 3.05) is 12.9 Å². The number of sulfone groups is 1. The smallest absolute Gasteiger partial charge is 0.248 e. The summed E-state index contributed by atoms with van der Waals surface area (Å²) in [6.45, 7) is 4.23. The quantitative estimate of drug-likeness (QED) is 0.389. The van der Waals surface area contributed by atoms with Gasteiger partial charge in [-0.1, -0.05) is 17.4 Å². The van der Waals surface area contributed by atoms with Crippen molar-refractivity contribution < 1.29 is 22.3 Å². The molecule has 0 saturated carbocycles. The summed E-state index contributed by atoms with van der Waals surface area (Å²) < 4.78 is 45.6. The summed E-state index contributed by atoms with van der Waals surface area (Å²) in [7, 11) is -2.00. The summed E-state index contributed by atoms with van der Waals surface area (Å²) in [4.78, 5) is 17.1. The van der Waals surface area contributed by atoms with Gasteiger partial charge in [-0.25, -0.2) is 12.8 Å². The molecule has 9 heteroatoms. The zero-order chi connectivity index (χ0) is 21.7. The zero-order valence-electron chi connectivity index (χ0n) is 16.4. The van der Waals surface area contributed by atoms with Crippen LogP contribution in [0.4, 0.5) is 4.39 Å². The molecule has 3 rings (SSSR count). The molecule has 2 aromatic carbocycles. The normalized spacial score (nSPS) is 12.3. The number of nitrogens with zero attached hydrogens (tertiary/aromatic N) is 2. The van der Waals surface area contributed by atoms with E-state index in [0.717, 1.165) is 22.3 Å². The summed E-state index contributed by atoms with van der Waals surface area (Å²) >= 11 is 1.35. The van der Waals surface area contributed by atoms with E-state index in [4.69, 9.17) is 4.74 Å². The maximum Gasteiger partial charge on any atom is 0.248 e. The van der Waals surface area contributed by atoms with Gasteiger partial charge in [-0.2, -0.15) is 4.99 Å². The van der Waals surface area contributed by atoms with E-state index in [-0.39, 0.29) is 23.5 Å². The lowest BCUT2D eigenvalue weighted by Gasteiger charge is -2.04. The molecule has 0 saturated heterocycles. The highest BCUT2D eigenvalue weighted by molar-refractivity contribution is 7.91. The second kappa shape index (κ2) is 9.36. The standard InChI is InChI=1S/C21H21FN2O4S2/c1-3-12-24-18-11-8-16(28-2)14-19(18)29-21(24)23-20(25)5-4-13-30(26,27)17-9-6-15(22)7-10-17/h3,6-11,14H,1,4-5,12-13H2,2H3. The first-order valence-corrected chi connectivity index (χ1v) is 11.6. The van der Waals surface area contributed by atoms with E-state index in [1.807, 2.05) is 22.8 Å². The minimum absolute atomic E-state index is 0.00786. The van der Waals surface area contributed by atoms with E-state index in [0.29, 0.717) is 17.1 Å². The molecule has 0 atom stereocenters. The lowest BCUT2D eigenvalue weighted by Crippen LogP contribution is -2.16. The number of methoxy groups -OCH3 is 1. The minimum Gasteiger partial charge on any atom is -0.497 e. The Morgan fingerprint density at radius 3 is 2.67 bits per heavy atom. The molecule has 30 heavy (non-hydrogen) atoms. The monoisotopic (exact) mass is 448 g/mol. The van der Waals surface area contributed by atoms with Gasteiger partial charge in [0, 0.05) is 13.0 Å². The number of carbonyl (C=O) groups excluding carboxylic acids is 1. The molecule has 158 valence electrons. The molecule has 1 amide bonds. The Morgan fingerprint density at radius 1 is 1.27 bits per heavy atom. The fourth-order valence-corrected chi connectivity index (χ4v) is 5.30. The van der Waals surface area contributed by atoms with E-state index in [1.165, 1.54) is 23.5 Å². The van der Waals surface area contributed by atoms with Crippen LogP contribution >= 0.6 is 11.3 Å². The Hall–Kier alpha value is -2.78. The Balaban J connectivity index is 1.76. The molecule has 0 radical (unpaired) electrons. The highest BCUT2D eigenvalue weighted by Gasteiger charge is 2.15. The van der Waals surface area contributed by atoms with Crippen LogP contribution < -0.4 is 9.54 Å². The largest absolute Gasteiger partial charge is 0.497 e. The molecule has 0 unspecified atom stereocenters. The van der Waals surface area contributed by atoms with Crippen molar-refractivity contribution >= 4 is 37.3 Å². The summed E-state index contributed by atoms with van der Waals surface area (Å²) in [6.07, 6.45) is 1.84.